The number of hydrogen-bond acceptors (Lipinski definition) is 5. The maximum absolute atomic E-state index is 12.8. The van der Waals surface area contributed by atoms with Crippen molar-refractivity contribution in [1.82, 2.24) is 20.4 Å². The minimum Gasteiger partial charge on any atom is -0.339 e. The van der Waals surface area contributed by atoms with Gasteiger partial charge in [-0.25, -0.2) is 0 Å². The SMILES string of the molecule is C[C@@H]1CNCCN1C(=O)c1cccc(-c2noc(CC(C)(C)C)n2)c1.Cl. The van der Waals surface area contributed by atoms with Gasteiger partial charge in [0.05, 0.1) is 0 Å². The zero-order chi connectivity index (χ0) is 18.0. The van der Waals surface area contributed by atoms with Crippen LogP contribution in [0.5, 0.6) is 0 Å². The van der Waals surface area contributed by atoms with Gasteiger partial charge < -0.3 is 14.7 Å². The summed E-state index contributed by atoms with van der Waals surface area (Å²) >= 11 is 0. The van der Waals surface area contributed by atoms with E-state index >= 15 is 0 Å². The van der Waals surface area contributed by atoms with Crippen molar-refractivity contribution in [3.63, 3.8) is 0 Å². The molecule has 1 saturated heterocycles. The van der Waals surface area contributed by atoms with Crippen molar-refractivity contribution in [2.45, 2.75) is 40.2 Å². The minimum absolute atomic E-state index is 0. The third-order valence-corrected chi connectivity index (χ3v) is 4.28. The number of nitrogens with zero attached hydrogens (tertiary/aromatic N) is 3. The van der Waals surface area contributed by atoms with Crippen LogP contribution in [0.3, 0.4) is 0 Å². The second-order valence-corrected chi connectivity index (χ2v) is 7.88. The number of halogens is 1. The molecule has 1 atom stereocenters. The third kappa shape index (κ3) is 4.83. The summed E-state index contributed by atoms with van der Waals surface area (Å²) < 4.78 is 5.36. The van der Waals surface area contributed by atoms with E-state index in [1.165, 1.54) is 0 Å². The van der Waals surface area contributed by atoms with Crippen LogP contribution in [0.2, 0.25) is 0 Å². The summed E-state index contributed by atoms with van der Waals surface area (Å²) in [4.78, 5) is 19.2. The molecule has 3 rings (SSSR count). The lowest BCUT2D eigenvalue weighted by molar-refractivity contribution is 0.0656. The standard InChI is InChI=1S/C19H26N4O2.ClH/c1-13-12-20-8-9-23(13)18(24)15-7-5-6-14(10-15)17-21-16(25-22-17)11-19(2,3)4;/h5-7,10,13,20H,8-9,11-12H2,1-4H3;1H/t13-;/m1./s1. The second-order valence-electron chi connectivity index (χ2n) is 7.88. The second kappa shape index (κ2) is 8.18. The molecule has 0 spiro atoms. The van der Waals surface area contributed by atoms with Crippen LogP contribution >= 0.6 is 12.4 Å². The Bertz CT molecular complexity index is 754. The minimum atomic E-state index is 0. The molecule has 0 bridgehead atoms. The van der Waals surface area contributed by atoms with E-state index in [1.54, 1.807) is 0 Å². The number of aromatic nitrogens is 2. The summed E-state index contributed by atoms with van der Waals surface area (Å²) in [5.41, 5.74) is 1.55. The average Bonchev–Trinajstić information content (AvgIpc) is 3.01. The van der Waals surface area contributed by atoms with Gasteiger partial charge in [0.1, 0.15) is 0 Å². The van der Waals surface area contributed by atoms with Gasteiger partial charge in [0.25, 0.3) is 5.91 Å². The number of nitrogens with one attached hydrogen (secondary N) is 1. The number of carbonyl (C=O) groups is 1. The lowest BCUT2D eigenvalue weighted by Gasteiger charge is -2.34. The van der Waals surface area contributed by atoms with Crippen LogP contribution < -0.4 is 5.32 Å². The van der Waals surface area contributed by atoms with Crippen molar-refractivity contribution in [2.75, 3.05) is 19.6 Å². The van der Waals surface area contributed by atoms with Crippen LogP contribution in [-0.4, -0.2) is 46.6 Å². The maximum atomic E-state index is 12.8. The van der Waals surface area contributed by atoms with Crippen molar-refractivity contribution in [2.24, 2.45) is 5.41 Å². The number of benzene rings is 1. The van der Waals surface area contributed by atoms with E-state index in [1.807, 2.05) is 29.2 Å². The van der Waals surface area contributed by atoms with Gasteiger partial charge in [-0.2, -0.15) is 4.98 Å². The van der Waals surface area contributed by atoms with Gasteiger partial charge in [-0.1, -0.05) is 38.1 Å². The summed E-state index contributed by atoms with van der Waals surface area (Å²) in [5, 5.41) is 7.38. The van der Waals surface area contributed by atoms with E-state index in [4.69, 9.17) is 4.52 Å². The Morgan fingerprint density at radius 3 is 2.85 bits per heavy atom. The highest BCUT2D eigenvalue weighted by Crippen LogP contribution is 2.23. The first kappa shape index (κ1) is 20.4. The molecule has 1 fully saturated rings. The normalized spacial score (nSPS) is 17.7. The molecule has 2 heterocycles. The van der Waals surface area contributed by atoms with Crippen molar-refractivity contribution in [3.8, 4) is 11.4 Å². The van der Waals surface area contributed by atoms with Gasteiger partial charge in [-0.15, -0.1) is 12.4 Å². The predicted octanol–water partition coefficient (Wildman–Crippen LogP) is 3.18. The van der Waals surface area contributed by atoms with Gasteiger partial charge in [-0.05, 0) is 24.5 Å². The Morgan fingerprint density at radius 2 is 2.15 bits per heavy atom. The largest absolute Gasteiger partial charge is 0.339 e. The molecular weight excluding hydrogens is 352 g/mol. The van der Waals surface area contributed by atoms with E-state index in [2.05, 4.69) is 43.2 Å². The summed E-state index contributed by atoms with van der Waals surface area (Å²) in [7, 11) is 0. The Labute approximate surface area is 160 Å². The number of hydrogen-bond donors (Lipinski definition) is 1. The van der Waals surface area contributed by atoms with E-state index in [0.29, 0.717) is 17.3 Å². The highest BCUT2D eigenvalue weighted by atomic mass is 35.5. The molecule has 0 unspecified atom stereocenters. The van der Waals surface area contributed by atoms with Gasteiger partial charge in [0.15, 0.2) is 0 Å². The average molecular weight is 379 g/mol. The molecule has 2 aromatic rings. The first-order chi connectivity index (χ1) is 11.8. The third-order valence-electron chi connectivity index (χ3n) is 4.28. The highest BCUT2D eigenvalue weighted by Gasteiger charge is 2.24. The van der Waals surface area contributed by atoms with Crippen LogP contribution in [0.15, 0.2) is 28.8 Å². The van der Waals surface area contributed by atoms with Gasteiger partial charge in [0, 0.05) is 43.2 Å². The van der Waals surface area contributed by atoms with Crippen LogP contribution in [-0.2, 0) is 6.42 Å². The fourth-order valence-corrected chi connectivity index (χ4v) is 3.00. The Balaban J connectivity index is 0.00000243. The molecule has 7 heteroatoms. The topological polar surface area (TPSA) is 71.3 Å². The summed E-state index contributed by atoms with van der Waals surface area (Å²) in [6.07, 6.45) is 0.719. The smallest absolute Gasteiger partial charge is 0.254 e. The Kier molecular flexibility index (Phi) is 6.42. The predicted molar refractivity (Wildman–Crippen MR) is 104 cm³/mol. The Morgan fingerprint density at radius 1 is 1.38 bits per heavy atom. The lowest BCUT2D eigenvalue weighted by atomic mass is 9.92. The van der Waals surface area contributed by atoms with Crippen LogP contribution in [0.1, 0.15) is 43.9 Å². The molecular formula is C19H27ClN4O2. The van der Waals surface area contributed by atoms with E-state index in [-0.39, 0.29) is 29.8 Å². The van der Waals surface area contributed by atoms with E-state index < -0.39 is 0 Å². The Hall–Kier alpha value is -1.92. The van der Waals surface area contributed by atoms with E-state index in [9.17, 15) is 4.79 Å². The molecule has 1 aliphatic rings. The molecule has 0 radical (unpaired) electrons. The quantitative estimate of drug-likeness (QED) is 0.888. The summed E-state index contributed by atoms with van der Waals surface area (Å²) in [6, 6.07) is 7.66. The number of carbonyl (C=O) groups excluding carboxylic acids is 1. The molecule has 0 saturated carbocycles. The zero-order valence-corrected chi connectivity index (χ0v) is 16.6. The van der Waals surface area contributed by atoms with Crippen molar-refractivity contribution in [1.29, 1.82) is 0 Å². The van der Waals surface area contributed by atoms with Gasteiger partial charge in [-0.3, -0.25) is 4.79 Å². The summed E-state index contributed by atoms with van der Waals surface area (Å²) in [6.45, 7) is 10.8. The first-order valence-electron chi connectivity index (χ1n) is 8.78. The molecule has 0 aliphatic carbocycles. The fraction of sp³-hybridized carbons (Fsp3) is 0.526. The lowest BCUT2D eigenvalue weighted by Crippen LogP contribution is -2.52. The molecule has 1 N–H and O–H groups in total. The number of amides is 1. The number of piperazine rings is 1. The molecule has 1 aromatic carbocycles. The van der Waals surface area contributed by atoms with Crippen LogP contribution in [0.4, 0.5) is 0 Å². The van der Waals surface area contributed by atoms with E-state index in [0.717, 1.165) is 31.6 Å². The molecule has 1 amide bonds. The number of rotatable bonds is 3. The fourth-order valence-electron chi connectivity index (χ4n) is 3.00. The highest BCUT2D eigenvalue weighted by molar-refractivity contribution is 5.95. The van der Waals surface area contributed by atoms with Crippen molar-refractivity contribution in [3.05, 3.63) is 35.7 Å². The first-order valence-corrected chi connectivity index (χ1v) is 8.78. The van der Waals surface area contributed by atoms with Gasteiger partial charge in [0.2, 0.25) is 11.7 Å². The molecule has 1 aliphatic heterocycles. The van der Waals surface area contributed by atoms with Crippen LogP contribution in [0.25, 0.3) is 11.4 Å². The monoisotopic (exact) mass is 378 g/mol. The van der Waals surface area contributed by atoms with Crippen LogP contribution in [0, 0.1) is 5.41 Å². The van der Waals surface area contributed by atoms with Crippen molar-refractivity contribution >= 4 is 18.3 Å². The van der Waals surface area contributed by atoms with Crippen molar-refractivity contribution < 1.29 is 9.32 Å². The molecule has 1 aromatic heterocycles. The molecule has 142 valence electrons. The molecule has 6 nitrogen and oxygen atoms in total. The molecule has 26 heavy (non-hydrogen) atoms. The zero-order valence-electron chi connectivity index (χ0n) is 15.8. The maximum Gasteiger partial charge on any atom is 0.254 e. The summed E-state index contributed by atoms with van der Waals surface area (Å²) in [5.74, 6) is 1.20. The van der Waals surface area contributed by atoms with Gasteiger partial charge >= 0.3 is 0 Å².